The molecule has 3 rings (SSSR count). The molecule has 0 bridgehead atoms. The highest BCUT2D eigenvalue weighted by molar-refractivity contribution is 7.19. The van der Waals surface area contributed by atoms with Crippen molar-refractivity contribution >= 4 is 21.4 Å². The number of nitrogens with one attached hydrogen (secondary N) is 1. The Morgan fingerprint density at radius 1 is 1.20 bits per heavy atom. The van der Waals surface area contributed by atoms with Crippen molar-refractivity contribution in [1.29, 1.82) is 0 Å². The minimum absolute atomic E-state index is 0.156. The molecule has 1 heterocycles. The number of hydrogen-bond acceptors (Lipinski definition) is 2. The van der Waals surface area contributed by atoms with Crippen molar-refractivity contribution in [1.82, 2.24) is 5.32 Å². The van der Waals surface area contributed by atoms with E-state index < -0.39 is 0 Å². The third kappa shape index (κ3) is 2.79. The third-order valence-corrected chi connectivity index (χ3v) is 5.20. The van der Waals surface area contributed by atoms with Crippen LogP contribution in [0.1, 0.15) is 43.0 Å². The molecule has 1 nitrogen and oxygen atoms in total. The molecule has 20 heavy (non-hydrogen) atoms. The molecule has 1 aliphatic rings. The van der Waals surface area contributed by atoms with Gasteiger partial charge in [0.1, 0.15) is 5.82 Å². The molecule has 3 heteroatoms. The van der Waals surface area contributed by atoms with Gasteiger partial charge in [0, 0.05) is 9.58 Å². The van der Waals surface area contributed by atoms with Crippen LogP contribution >= 0.6 is 11.3 Å². The van der Waals surface area contributed by atoms with Crippen LogP contribution in [0.4, 0.5) is 4.39 Å². The molecule has 0 saturated heterocycles. The maximum atomic E-state index is 13.3. The molecule has 1 atom stereocenters. The summed E-state index contributed by atoms with van der Waals surface area (Å²) in [6.45, 7) is 0. The van der Waals surface area contributed by atoms with Gasteiger partial charge in [-0.1, -0.05) is 18.1 Å². The molecule has 0 fully saturated rings. The zero-order valence-corrected chi connectivity index (χ0v) is 12.6. The standard InChI is InChI=1S/C17H20FNS/c1-19-17(12-6-4-2-3-5-7-12)16-11-13-10-14(18)8-9-15(13)20-16/h6,8-11,17,19H,2-5,7H2,1H3. The Morgan fingerprint density at radius 2 is 2.10 bits per heavy atom. The largest absolute Gasteiger partial charge is 0.309 e. The monoisotopic (exact) mass is 289 g/mol. The lowest BCUT2D eigenvalue weighted by Crippen LogP contribution is -2.17. The summed E-state index contributed by atoms with van der Waals surface area (Å²) < 4.78 is 14.5. The van der Waals surface area contributed by atoms with Gasteiger partial charge < -0.3 is 5.32 Å². The quantitative estimate of drug-likeness (QED) is 0.767. The molecular weight excluding hydrogens is 269 g/mol. The predicted molar refractivity (Wildman–Crippen MR) is 84.8 cm³/mol. The van der Waals surface area contributed by atoms with Crippen molar-refractivity contribution in [3.8, 4) is 0 Å². The summed E-state index contributed by atoms with van der Waals surface area (Å²) in [5.41, 5.74) is 1.50. The molecule has 0 aliphatic heterocycles. The molecule has 1 aromatic carbocycles. The summed E-state index contributed by atoms with van der Waals surface area (Å²) in [6, 6.07) is 7.47. The highest BCUT2D eigenvalue weighted by Gasteiger charge is 2.18. The Morgan fingerprint density at radius 3 is 2.95 bits per heavy atom. The third-order valence-electron chi connectivity index (χ3n) is 4.02. The molecule has 0 amide bonds. The number of halogens is 1. The van der Waals surface area contributed by atoms with Crippen LogP contribution in [-0.2, 0) is 0 Å². The molecule has 0 saturated carbocycles. The summed E-state index contributed by atoms with van der Waals surface area (Å²) >= 11 is 1.77. The maximum Gasteiger partial charge on any atom is 0.123 e. The molecular formula is C17H20FNS. The van der Waals surface area contributed by atoms with Crippen LogP contribution < -0.4 is 5.32 Å². The zero-order chi connectivity index (χ0) is 13.9. The summed E-state index contributed by atoms with van der Waals surface area (Å²) in [6.07, 6.45) is 8.68. The van der Waals surface area contributed by atoms with E-state index in [0.29, 0.717) is 0 Å². The molecule has 2 aromatic rings. The van der Waals surface area contributed by atoms with Crippen LogP contribution in [0, 0.1) is 5.82 Å². The molecule has 0 spiro atoms. The number of hydrogen-bond donors (Lipinski definition) is 1. The van der Waals surface area contributed by atoms with E-state index in [1.807, 2.05) is 13.1 Å². The lowest BCUT2D eigenvalue weighted by Gasteiger charge is -2.18. The Bertz CT molecular complexity index is 629. The molecule has 1 unspecified atom stereocenters. The van der Waals surface area contributed by atoms with Crippen molar-refractivity contribution in [3.63, 3.8) is 0 Å². The van der Waals surface area contributed by atoms with E-state index in [4.69, 9.17) is 0 Å². The normalized spacial score (nSPS) is 17.8. The van der Waals surface area contributed by atoms with Crippen molar-refractivity contribution in [2.24, 2.45) is 0 Å². The van der Waals surface area contributed by atoms with E-state index in [1.165, 1.54) is 42.6 Å². The van der Waals surface area contributed by atoms with Gasteiger partial charge in [0.15, 0.2) is 0 Å². The Hall–Kier alpha value is -1.19. The smallest absolute Gasteiger partial charge is 0.123 e. The van der Waals surface area contributed by atoms with E-state index in [0.717, 1.165) is 10.1 Å². The van der Waals surface area contributed by atoms with Gasteiger partial charge in [0.2, 0.25) is 0 Å². The minimum Gasteiger partial charge on any atom is -0.309 e. The Labute approximate surface area is 123 Å². The summed E-state index contributed by atoms with van der Waals surface area (Å²) in [5, 5.41) is 4.45. The fourth-order valence-corrected chi connectivity index (χ4v) is 4.19. The minimum atomic E-state index is -0.156. The lowest BCUT2D eigenvalue weighted by atomic mass is 10.0. The van der Waals surface area contributed by atoms with E-state index >= 15 is 0 Å². The van der Waals surface area contributed by atoms with Crippen LogP contribution in [0.3, 0.4) is 0 Å². The molecule has 1 aromatic heterocycles. The van der Waals surface area contributed by atoms with E-state index in [-0.39, 0.29) is 11.9 Å². The van der Waals surface area contributed by atoms with Crippen molar-refractivity contribution < 1.29 is 4.39 Å². The first-order valence-electron chi connectivity index (χ1n) is 7.33. The van der Waals surface area contributed by atoms with E-state index in [1.54, 1.807) is 23.5 Å². The molecule has 1 aliphatic carbocycles. The second-order valence-corrected chi connectivity index (χ2v) is 6.55. The second kappa shape index (κ2) is 6.06. The van der Waals surface area contributed by atoms with Crippen LogP contribution in [-0.4, -0.2) is 7.05 Å². The number of fused-ring (bicyclic) bond motifs is 1. The van der Waals surface area contributed by atoms with Crippen molar-refractivity contribution in [2.75, 3.05) is 7.05 Å². The van der Waals surface area contributed by atoms with Crippen LogP contribution in [0.15, 0.2) is 35.9 Å². The number of benzene rings is 1. The van der Waals surface area contributed by atoms with Crippen LogP contribution in [0.25, 0.3) is 10.1 Å². The predicted octanol–water partition coefficient (Wildman–Crippen LogP) is 5.19. The first-order valence-corrected chi connectivity index (χ1v) is 8.15. The average Bonchev–Trinajstić information content (AvgIpc) is 2.67. The number of likely N-dealkylation sites (N-methyl/N-ethyl adjacent to an activating group) is 1. The maximum absolute atomic E-state index is 13.3. The molecule has 0 radical (unpaired) electrons. The highest BCUT2D eigenvalue weighted by Crippen LogP contribution is 2.36. The SMILES string of the molecule is CNC(C1=CCCCCC1)c1cc2cc(F)ccc2s1. The summed E-state index contributed by atoms with van der Waals surface area (Å²) in [5.74, 6) is -0.156. The number of rotatable bonds is 3. The van der Waals surface area contributed by atoms with Gasteiger partial charge in [-0.3, -0.25) is 0 Å². The van der Waals surface area contributed by atoms with Gasteiger partial charge >= 0.3 is 0 Å². The number of thiophene rings is 1. The summed E-state index contributed by atoms with van der Waals surface area (Å²) in [4.78, 5) is 1.29. The second-order valence-electron chi connectivity index (χ2n) is 5.43. The Balaban J connectivity index is 1.95. The van der Waals surface area contributed by atoms with Crippen LogP contribution in [0.2, 0.25) is 0 Å². The van der Waals surface area contributed by atoms with E-state index in [9.17, 15) is 4.39 Å². The topological polar surface area (TPSA) is 12.0 Å². The van der Waals surface area contributed by atoms with Crippen LogP contribution in [0.5, 0.6) is 0 Å². The lowest BCUT2D eigenvalue weighted by molar-refractivity contribution is 0.629. The van der Waals surface area contributed by atoms with Gasteiger partial charge in [0.25, 0.3) is 0 Å². The van der Waals surface area contributed by atoms with Crippen molar-refractivity contribution in [3.05, 3.63) is 46.6 Å². The first kappa shape index (κ1) is 13.8. The van der Waals surface area contributed by atoms with Gasteiger partial charge in [0.05, 0.1) is 6.04 Å². The Kier molecular flexibility index (Phi) is 4.18. The van der Waals surface area contributed by atoms with Crippen molar-refractivity contribution in [2.45, 2.75) is 38.1 Å². The average molecular weight is 289 g/mol. The highest BCUT2D eigenvalue weighted by atomic mass is 32.1. The van der Waals surface area contributed by atoms with Gasteiger partial charge in [-0.25, -0.2) is 4.39 Å². The van der Waals surface area contributed by atoms with Gasteiger partial charge in [-0.15, -0.1) is 11.3 Å². The zero-order valence-electron chi connectivity index (χ0n) is 11.8. The fraction of sp³-hybridized carbons (Fsp3) is 0.412. The fourth-order valence-electron chi connectivity index (χ4n) is 2.99. The molecule has 1 N–H and O–H groups in total. The first-order chi connectivity index (χ1) is 9.78. The van der Waals surface area contributed by atoms with E-state index in [2.05, 4.69) is 17.5 Å². The summed E-state index contributed by atoms with van der Waals surface area (Å²) in [7, 11) is 2.02. The molecule has 106 valence electrons. The van der Waals surface area contributed by atoms with Gasteiger partial charge in [-0.2, -0.15) is 0 Å². The van der Waals surface area contributed by atoms with Gasteiger partial charge in [-0.05, 0) is 62.4 Å². The number of allylic oxidation sites excluding steroid dienone is 1.